The first-order valence-corrected chi connectivity index (χ1v) is 11.0. The Hall–Kier alpha value is -2.98. The van der Waals surface area contributed by atoms with Gasteiger partial charge in [0.25, 0.3) is 5.56 Å². The number of fused-ring (bicyclic) bond motifs is 1. The average molecular weight is 444 g/mol. The van der Waals surface area contributed by atoms with Crippen molar-refractivity contribution in [1.29, 1.82) is 0 Å². The summed E-state index contributed by atoms with van der Waals surface area (Å²) in [6, 6.07) is 3.33. The highest BCUT2D eigenvalue weighted by atomic mass is 32.1. The average Bonchev–Trinajstić information content (AvgIpc) is 3.36. The highest BCUT2D eigenvalue weighted by molar-refractivity contribution is 7.09. The first-order chi connectivity index (χ1) is 15.1. The van der Waals surface area contributed by atoms with Gasteiger partial charge < -0.3 is 14.0 Å². The zero-order chi connectivity index (χ0) is 21.8. The Balaban J connectivity index is 1.57. The number of methoxy groups -OCH3 is 1. The van der Waals surface area contributed by atoms with Crippen LogP contribution in [0.2, 0.25) is 0 Å². The Morgan fingerprint density at radius 1 is 1.32 bits per heavy atom. The number of nitrogens with one attached hydrogen (secondary N) is 1. The summed E-state index contributed by atoms with van der Waals surface area (Å²) in [7, 11) is 1.34. The van der Waals surface area contributed by atoms with Crippen molar-refractivity contribution < 1.29 is 14.3 Å². The van der Waals surface area contributed by atoms with Crippen LogP contribution in [0.1, 0.15) is 32.3 Å². The van der Waals surface area contributed by atoms with Crippen LogP contribution in [0.5, 0.6) is 5.75 Å². The van der Waals surface area contributed by atoms with Gasteiger partial charge in [0, 0.05) is 67.5 Å². The molecule has 0 saturated carbocycles. The van der Waals surface area contributed by atoms with Crippen LogP contribution < -0.4 is 10.3 Å². The summed E-state index contributed by atoms with van der Waals surface area (Å²) in [5.41, 5.74) is 4.61. The van der Waals surface area contributed by atoms with Gasteiger partial charge >= 0.3 is 5.97 Å². The number of aromatic amines is 1. The minimum atomic E-state index is -0.491. The number of hydrogen-bond donors (Lipinski definition) is 1. The molecule has 1 aliphatic heterocycles. The number of esters is 1. The Morgan fingerprint density at radius 3 is 2.90 bits per heavy atom. The summed E-state index contributed by atoms with van der Waals surface area (Å²) in [5.74, 6) is -0.206. The van der Waals surface area contributed by atoms with Gasteiger partial charge in [0.15, 0.2) is 0 Å². The van der Waals surface area contributed by atoms with Crippen LogP contribution >= 0.6 is 11.3 Å². The normalized spacial score (nSPS) is 14.1. The van der Waals surface area contributed by atoms with Crippen LogP contribution in [0.3, 0.4) is 0 Å². The molecule has 4 rings (SSSR count). The highest BCUT2D eigenvalue weighted by Gasteiger charge is 2.26. The number of hydrogen-bond acceptors (Lipinski definition) is 8. The SMILES string of the molecule is COC(=O)c1c(OCCc2scnc2C)cc(=O)n2c1CCN(Cc1ccn[nH]1)CC2. The Kier molecular flexibility index (Phi) is 6.47. The van der Waals surface area contributed by atoms with Gasteiger partial charge in [0.1, 0.15) is 11.3 Å². The predicted octanol–water partition coefficient (Wildman–Crippen LogP) is 1.80. The Bertz CT molecular complexity index is 1110. The highest BCUT2D eigenvalue weighted by Crippen LogP contribution is 2.25. The van der Waals surface area contributed by atoms with E-state index in [1.165, 1.54) is 13.2 Å². The molecule has 0 spiro atoms. The number of carbonyl (C=O) groups excluding carboxylic acids is 1. The third-order valence-corrected chi connectivity index (χ3v) is 6.45. The fourth-order valence-electron chi connectivity index (χ4n) is 3.82. The number of aryl methyl sites for hydroxylation is 1. The lowest BCUT2D eigenvalue weighted by molar-refractivity contribution is 0.0593. The summed E-state index contributed by atoms with van der Waals surface area (Å²) in [5, 5.41) is 6.96. The van der Waals surface area contributed by atoms with E-state index in [1.54, 1.807) is 27.6 Å². The van der Waals surface area contributed by atoms with Crippen LogP contribution in [0.4, 0.5) is 0 Å². The van der Waals surface area contributed by atoms with Gasteiger partial charge in [-0.15, -0.1) is 11.3 Å². The van der Waals surface area contributed by atoms with E-state index in [-0.39, 0.29) is 11.3 Å². The molecule has 164 valence electrons. The minimum Gasteiger partial charge on any atom is -0.492 e. The molecule has 4 heterocycles. The van der Waals surface area contributed by atoms with E-state index >= 15 is 0 Å². The summed E-state index contributed by atoms with van der Waals surface area (Å²) in [4.78, 5) is 33.1. The van der Waals surface area contributed by atoms with E-state index in [0.717, 1.165) is 16.3 Å². The van der Waals surface area contributed by atoms with Crippen molar-refractivity contribution in [3.05, 3.63) is 61.7 Å². The quantitative estimate of drug-likeness (QED) is 0.556. The molecule has 0 fully saturated rings. The van der Waals surface area contributed by atoms with Crippen molar-refractivity contribution in [2.45, 2.75) is 32.9 Å². The maximum atomic E-state index is 12.9. The molecule has 0 unspecified atom stereocenters. The van der Waals surface area contributed by atoms with Crippen LogP contribution in [-0.4, -0.2) is 57.4 Å². The Labute approximate surface area is 183 Å². The van der Waals surface area contributed by atoms with Crippen molar-refractivity contribution in [2.24, 2.45) is 0 Å². The zero-order valence-corrected chi connectivity index (χ0v) is 18.4. The van der Waals surface area contributed by atoms with Crippen molar-refractivity contribution in [3.63, 3.8) is 0 Å². The molecule has 0 radical (unpaired) electrons. The molecular weight excluding hydrogens is 418 g/mol. The number of aromatic nitrogens is 4. The third kappa shape index (κ3) is 4.70. The summed E-state index contributed by atoms with van der Waals surface area (Å²) in [6.45, 7) is 4.89. The summed E-state index contributed by atoms with van der Waals surface area (Å²) in [6.07, 6.45) is 2.92. The van der Waals surface area contributed by atoms with Gasteiger partial charge in [0.2, 0.25) is 0 Å². The van der Waals surface area contributed by atoms with Crippen LogP contribution in [0.25, 0.3) is 0 Å². The first kappa shape index (κ1) is 21.3. The molecule has 0 aromatic carbocycles. The van der Waals surface area contributed by atoms with Crippen molar-refractivity contribution in [3.8, 4) is 5.75 Å². The standard InChI is InChI=1S/C21H25N5O4S/c1-14-18(31-13-22-14)5-10-30-17-11-19(27)26-9-8-25(12-15-3-6-23-24-15)7-4-16(26)20(17)21(28)29-2/h3,6,11,13H,4-5,7-10,12H2,1-2H3,(H,23,24). The van der Waals surface area contributed by atoms with Gasteiger partial charge in [-0.1, -0.05) is 0 Å². The molecule has 1 N–H and O–H groups in total. The number of rotatable bonds is 7. The van der Waals surface area contributed by atoms with E-state index < -0.39 is 5.97 Å². The molecule has 3 aromatic heterocycles. The van der Waals surface area contributed by atoms with E-state index in [2.05, 4.69) is 20.1 Å². The van der Waals surface area contributed by atoms with E-state index in [9.17, 15) is 9.59 Å². The molecule has 3 aromatic rings. The zero-order valence-electron chi connectivity index (χ0n) is 17.6. The molecule has 31 heavy (non-hydrogen) atoms. The molecule has 9 nitrogen and oxygen atoms in total. The Morgan fingerprint density at radius 2 is 2.19 bits per heavy atom. The van der Waals surface area contributed by atoms with Gasteiger partial charge in [-0.25, -0.2) is 9.78 Å². The lowest BCUT2D eigenvalue weighted by Gasteiger charge is -2.17. The van der Waals surface area contributed by atoms with Crippen molar-refractivity contribution >= 4 is 17.3 Å². The monoisotopic (exact) mass is 443 g/mol. The number of thiazole rings is 1. The molecule has 0 bridgehead atoms. The van der Waals surface area contributed by atoms with Crippen molar-refractivity contribution in [2.75, 3.05) is 26.8 Å². The number of ether oxygens (including phenoxy) is 2. The molecule has 0 amide bonds. The fourth-order valence-corrected chi connectivity index (χ4v) is 4.58. The second-order valence-electron chi connectivity index (χ2n) is 7.38. The lowest BCUT2D eigenvalue weighted by atomic mass is 10.1. The maximum Gasteiger partial charge on any atom is 0.343 e. The number of H-pyrrole nitrogens is 1. The van der Waals surface area contributed by atoms with Crippen LogP contribution in [0, 0.1) is 6.92 Å². The van der Waals surface area contributed by atoms with Crippen molar-refractivity contribution in [1.82, 2.24) is 24.6 Å². The molecule has 10 heteroatoms. The summed E-state index contributed by atoms with van der Waals surface area (Å²) >= 11 is 1.57. The lowest BCUT2D eigenvalue weighted by Crippen LogP contribution is -2.29. The van der Waals surface area contributed by atoms with Crippen LogP contribution in [-0.2, 0) is 30.7 Å². The van der Waals surface area contributed by atoms with Gasteiger partial charge in [-0.2, -0.15) is 5.10 Å². The van der Waals surface area contributed by atoms with Gasteiger partial charge in [-0.3, -0.25) is 14.8 Å². The predicted molar refractivity (Wildman–Crippen MR) is 116 cm³/mol. The molecule has 0 aliphatic carbocycles. The van der Waals surface area contributed by atoms with Gasteiger partial charge in [-0.05, 0) is 13.0 Å². The number of carbonyl (C=O) groups is 1. The topological polar surface area (TPSA) is 102 Å². The third-order valence-electron chi connectivity index (χ3n) is 5.46. The molecule has 0 atom stereocenters. The van der Waals surface area contributed by atoms with Gasteiger partial charge in [0.05, 0.1) is 24.9 Å². The van der Waals surface area contributed by atoms with E-state index in [1.807, 2.05) is 13.0 Å². The van der Waals surface area contributed by atoms with E-state index in [0.29, 0.717) is 56.9 Å². The van der Waals surface area contributed by atoms with E-state index in [4.69, 9.17) is 9.47 Å². The number of pyridine rings is 1. The minimum absolute atomic E-state index is 0.171. The molecular formula is C21H25N5O4S. The molecule has 0 saturated heterocycles. The van der Waals surface area contributed by atoms with Crippen LogP contribution in [0.15, 0.2) is 28.6 Å². The second kappa shape index (κ2) is 9.44. The number of nitrogens with zero attached hydrogens (tertiary/aromatic N) is 4. The first-order valence-electron chi connectivity index (χ1n) is 10.1. The second-order valence-corrected chi connectivity index (χ2v) is 8.32. The largest absolute Gasteiger partial charge is 0.492 e. The summed E-state index contributed by atoms with van der Waals surface area (Å²) < 4.78 is 12.6. The maximum absolute atomic E-state index is 12.9. The fraction of sp³-hybridized carbons (Fsp3) is 0.429. The molecule has 1 aliphatic rings. The smallest absolute Gasteiger partial charge is 0.343 e.